The molecule has 0 N–H and O–H groups in total. The van der Waals surface area contributed by atoms with E-state index in [1.165, 1.54) is 4.31 Å². The molecule has 3 rings (SSSR count). The Morgan fingerprint density at radius 2 is 1.38 bits per heavy atom. The van der Waals surface area contributed by atoms with Crippen molar-refractivity contribution in [3.8, 4) is 11.1 Å². The highest BCUT2D eigenvalue weighted by atomic mass is 32.2. The van der Waals surface area contributed by atoms with E-state index in [1.54, 1.807) is 17.0 Å². The van der Waals surface area contributed by atoms with Gasteiger partial charge in [0.1, 0.15) is 0 Å². The van der Waals surface area contributed by atoms with Crippen LogP contribution in [0.2, 0.25) is 0 Å². The van der Waals surface area contributed by atoms with Gasteiger partial charge in [-0.2, -0.15) is 4.31 Å². The number of piperazine rings is 1. The molecule has 6 heteroatoms. The van der Waals surface area contributed by atoms with Crippen LogP contribution in [0.25, 0.3) is 11.1 Å². The minimum atomic E-state index is -3.53. The van der Waals surface area contributed by atoms with Gasteiger partial charge in [0.25, 0.3) is 0 Å². The van der Waals surface area contributed by atoms with E-state index in [4.69, 9.17) is 0 Å². The summed E-state index contributed by atoms with van der Waals surface area (Å²) in [5, 5.41) is 0. The summed E-state index contributed by atoms with van der Waals surface area (Å²) in [6.07, 6.45) is 0. The van der Waals surface area contributed by atoms with E-state index in [1.807, 2.05) is 56.3 Å². The van der Waals surface area contributed by atoms with Crippen LogP contribution < -0.4 is 0 Å². The van der Waals surface area contributed by atoms with Gasteiger partial charge in [0.15, 0.2) is 0 Å². The number of hydrogen-bond donors (Lipinski definition) is 0. The van der Waals surface area contributed by atoms with Crippen molar-refractivity contribution in [2.75, 3.05) is 26.2 Å². The van der Waals surface area contributed by atoms with Crippen LogP contribution in [-0.4, -0.2) is 49.7 Å². The van der Waals surface area contributed by atoms with Crippen LogP contribution in [0.1, 0.15) is 13.8 Å². The zero-order chi connectivity index (χ0) is 18.7. The number of nitrogens with zero attached hydrogens (tertiary/aromatic N) is 2. The van der Waals surface area contributed by atoms with Crippen molar-refractivity contribution >= 4 is 15.9 Å². The number of carbonyl (C=O) groups is 1. The molecule has 2 aromatic carbocycles. The van der Waals surface area contributed by atoms with E-state index in [-0.39, 0.29) is 11.8 Å². The van der Waals surface area contributed by atoms with Gasteiger partial charge in [-0.25, -0.2) is 8.42 Å². The Morgan fingerprint density at radius 1 is 0.846 bits per heavy atom. The highest BCUT2D eigenvalue weighted by molar-refractivity contribution is 7.89. The van der Waals surface area contributed by atoms with Crippen molar-refractivity contribution in [1.82, 2.24) is 9.21 Å². The maximum absolute atomic E-state index is 12.9. The molecule has 2 aromatic rings. The van der Waals surface area contributed by atoms with Gasteiger partial charge in [-0.15, -0.1) is 0 Å². The maximum atomic E-state index is 12.9. The number of rotatable bonds is 4. The standard InChI is InChI=1S/C20H24N2O3S/c1-16(2)20(23)21-12-14-22(15-13-21)26(24,25)19-10-8-18(9-11-19)17-6-4-3-5-7-17/h3-11,16H,12-15H2,1-2H3. The lowest BCUT2D eigenvalue weighted by Crippen LogP contribution is -2.51. The first-order chi connectivity index (χ1) is 12.4. The largest absolute Gasteiger partial charge is 0.340 e. The van der Waals surface area contributed by atoms with Gasteiger partial charge >= 0.3 is 0 Å². The van der Waals surface area contributed by atoms with Crippen molar-refractivity contribution in [1.29, 1.82) is 0 Å². The predicted molar refractivity (Wildman–Crippen MR) is 102 cm³/mol. The molecular formula is C20H24N2O3S. The van der Waals surface area contributed by atoms with Crippen molar-refractivity contribution in [2.24, 2.45) is 5.92 Å². The molecule has 1 saturated heterocycles. The fourth-order valence-electron chi connectivity index (χ4n) is 3.11. The first kappa shape index (κ1) is 18.6. The van der Waals surface area contributed by atoms with Crippen molar-refractivity contribution < 1.29 is 13.2 Å². The van der Waals surface area contributed by atoms with Gasteiger partial charge < -0.3 is 4.90 Å². The summed E-state index contributed by atoms with van der Waals surface area (Å²) in [7, 11) is -3.53. The zero-order valence-electron chi connectivity index (χ0n) is 15.1. The van der Waals surface area contributed by atoms with Gasteiger partial charge in [0.2, 0.25) is 15.9 Å². The Kier molecular flexibility index (Phi) is 5.44. The first-order valence-electron chi connectivity index (χ1n) is 8.84. The SMILES string of the molecule is CC(C)C(=O)N1CCN(S(=O)(=O)c2ccc(-c3ccccc3)cc2)CC1. The van der Waals surface area contributed by atoms with E-state index in [9.17, 15) is 13.2 Å². The van der Waals surface area contributed by atoms with E-state index in [0.717, 1.165) is 11.1 Å². The normalized spacial score (nSPS) is 16.0. The Labute approximate surface area is 155 Å². The molecule has 0 bridgehead atoms. The van der Waals surface area contributed by atoms with Gasteiger partial charge in [-0.3, -0.25) is 4.79 Å². The second kappa shape index (κ2) is 7.60. The van der Waals surface area contributed by atoms with Crippen LogP contribution in [0.3, 0.4) is 0 Å². The minimum Gasteiger partial charge on any atom is -0.340 e. The fourth-order valence-corrected chi connectivity index (χ4v) is 4.54. The molecule has 1 aliphatic rings. The Morgan fingerprint density at radius 3 is 1.92 bits per heavy atom. The lowest BCUT2D eigenvalue weighted by atomic mass is 10.1. The van der Waals surface area contributed by atoms with E-state index < -0.39 is 10.0 Å². The second-order valence-corrected chi connectivity index (χ2v) is 8.71. The van der Waals surface area contributed by atoms with Crippen LogP contribution in [0.5, 0.6) is 0 Å². The summed E-state index contributed by atoms with van der Waals surface area (Å²) in [6, 6.07) is 16.8. The number of amides is 1. The summed E-state index contributed by atoms with van der Waals surface area (Å²) < 4.78 is 27.2. The highest BCUT2D eigenvalue weighted by Crippen LogP contribution is 2.23. The van der Waals surface area contributed by atoms with Crippen LogP contribution in [0, 0.1) is 5.92 Å². The molecule has 1 amide bonds. The third kappa shape index (κ3) is 3.81. The van der Waals surface area contributed by atoms with Gasteiger partial charge in [-0.05, 0) is 23.3 Å². The summed E-state index contributed by atoms with van der Waals surface area (Å²) in [5.41, 5.74) is 2.04. The van der Waals surface area contributed by atoms with Gasteiger partial charge in [0.05, 0.1) is 4.90 Å². The molecule has 0 saturated carbocycles. The lowest BCUT2D eigenvalue weighted by molar-refractivity contribution is -0.135. The number of sulfonamides is 1. The minimum absolute atomic E-state index is 0.0660. The molecule has 1 fully saturated rings. The molecule has 1 heterocycles. The first-order valence-corrected chi connectivity index (χ1v) is 10.3. The van der Waals surface area contributed by atoms with Crippen molar-refractivity contribution in [2.45, 2.75) is 18.7 Å². The molecule has 0 radical (unpaired) electrons. The highest BCUT2D eigenvalue weighted by Gasteiger charge is 2.30. The Hall–Kier alpha value is -2.18. The molecule has 0 atom stereocenters. The van der Waals surface area contributed by atoms with Crippen LogP contribution in [-0.2, 0) is 14.8 Å². The molecule has 26 heavy (non-hydrogen) atoms. The number of hydrogen-bond acceptors (Lipinski definition) is 3. The van der Waals surface area contributed by atoms with Crippen molar-refractivity contribution in [3.05, 3.63) is 54.6 Å². The van der Waals surface area contributed by atoms with Crippen LogP contribution in [0.15, 0.2) is 59.5 Å². The average Bonchev–Trinajstić information content (AvgIpc) is 2.68. The van der Waals surface area contributed by atoms with Crippen LogP contribution in [0.4, 0.5) is 0 Å². The van der Waals surface area contributed by atoms with Crippen molar-refractivity contribution in [3.63, 3.8) is 0 Å². The van der Waals surface area contributed by atoms with E-state index in [0.29, 0.717) is 31.1 Å². The average molecular weight is 372 g/mol. The molecule has 138 valence electrons. The molecule has 0 spiro atoms. The Balaban J connectivity index is 1.72. The molecule has 1 aliphatic heterocycles. The monoisotopic (exact) mass is 372 g/mol. The van der Waals surface area contributed by atoms with Gasteiger partial charge in [-0.1, -0.05) is 56.3 Å². The maximum Gasteiger partial charge on any atom is 0.243 e. The summed E-state index contributed by atoms with van der Waals surface area (Å²) in [4.78, 5) is 14.1. The third-order valence-corrected chi connectivity index (χ3v) is 6.56. The molecule has 0 aromatic heterocycles. The Bertz CT molecular complexity index is 854. The van der Waals surface area contributed by atoms with E-state index in [2.05, 4.69) is 0 Å². The summed E-state index contributed by atoms with van der Waals surface area (Å²) in [6.45, 7) is 5.28. The zero-order valence-corrected chi connectivity index (χ0v) is 15.9. The van der Waals surface area contributed by atoms with Crippen LogP contribution >= 0.6 is 0 Å². The predicted octanol–water partition coefficient (Wildman–Crippen LogP) is 2.84. The smallest absolute Gasteiger partial charge is 0.243 e. The fraction of sp³-hybridized carbons (Fsp3) is 0.350. The van der Waals surface area contributed by atoms with E-state index >= 15 is 0 Å². The van der Waals surface area contributed by atoms with Gasteiger partial charge in [0, 0.05) is 32.1 Å². The quantitative estimate of drug-likeness (QED) is 0.829. The lowest BCUT2D eigenvalue weighted by Gasteiger charge is -2.34. The molecular weight excluding hydrogens is 348 g/mol. The summed E-state index contributed by atoms with van der Waals surface area (Å²) >= 11 is 0. The number of carbonyl (C=O) groups excluding carboxylic acids is 1. The molecule has 5 nitrogen and oxygen atoms in total. The second-order valence-electron chi connectivity index (χ2n) is 6.77. The molecule has 0 aliphatic carbocycles. The molecule has 0 unspecified atom stereocenters. The topological polar surface area (TPSA) is 57.7 Å². The number of benzene rings is 2. The summed E-state index contributed by atoms with van der Waals surface area (Å²) in [5.74, 6) is 0.0120. The third-order valence-electron chi connectivity index (χ3n) is 4.64.